The van der Waals surface area contributed by atoms with E-state index in [4.69, 9.17) is 5.73 Å². The summed E-state index contributed by atoms with van der Waals surface area (Å²) in [6.07, 6.45) is 2.80. The number of imidazole rings is 1. The third kappa shape index (κ3) is 2.76. The van der Waals surface area contributed by atoms with Crippen molar-refractivity contribution >= 4 is 16.8 Å². The average Bonchev–Trinajstić information content (AvgIpc) is 2.67. The quantitative estimate of drug-likeness (QED) is 0.790. The lowest BCUT2D eigenvalue weighted by atomic mass is 10.1. The van der Waals surface area contributed by atoms with Gasteiger partial charge in [-0.2, -0.15) is 0 Å². The Balaban J connectivity index is 2.07. The van der Waals surface area contributed by atoms with Gasteiger partial charge in [-0.1, -0.05) is 12.1 Å². The number of fused-ring (bicyclic) bond motifs is 1. The number of hydrogen-bond donors (Lipinski definition) is 1. The fourth-order valence-corrected chi connectivity index (χ4v) is 2.08. The second kappa shape index (κ2) is 5.78. The first-order valence-corrected chi connectivity index (χ1v) is 6.34. The molecule has 0 aliphatic carbocycles. The van der Waals surface area contributed by atoms with E-state index in [1.54, 1.807) is 0 Å². The van der Waals surface area contributed by atoms with Gasteiger partial charge in [0.15, 0.2) is 0 Å². The van der Waals surface area contributed by atoms with Crippen molar-refractivity contribution in [3.63, 3.8) is 0 Å². The lowest BCUT2D eigenvalue weighted by Gasteiger charge is -2.02. The molecule has 0 aliphatic rings. The Kier molecular flexibility index (Phi) is 4.10. The summed E-state index contributed by atoms with van der Waals surface area (Å²) in [6.45, 7) is 0.652. The molecule has 0 aliphatic heterocycles. The summed E-state index contributed by atoms with van der Waals surface area (Å²) in [6, 6.07) is 7.93. The molecule has 1 aromatic heterocycles. The van der Waals surface area contributed by atoms with Crippen molar-refractivity contribution in [2.24, 2.45) is 12.8 Å². The molecule has 0 bridgehead atoms. The van der Waals surface area contributed by atoms with Crippen LogP contribution in [0.5, 0.6) is 0 Å². The number of carbonyl (C=O) groups excluding carboxylic acids is 1. The topological polar surface area (TPSA) is 60.9 Å². The van der Waals surface area contributed by atoms with Crippen molar-refractivity contribution < 1.29 is 4.79 Å². The maximum atomic E-state index is 11.8. The molecule has 0 atom stereocenters. The molecule has 0 radical (unpaired) electrons. The van der Waals surface area contributed by atoms with Crippen molar-refractivity contribution in [1.82, 2.24) is 9.55 Å². The fraction of sp³-hybridized carbons (Fsp3) is 0.429. The number of unbranched alkanes of at least 4 members (excludes halogenated alkanes) is 1. The third-order valence-corrected chi connectivity index (χ3v) is 3.14. The van der Waals surface area contributed by atoms with Crippen LogP contribution in [-0.2, 0) is 18.3 Å². The Bertz CT molecular complexity index is 545. The van der Waals surface area contributed by atoms with Crippen molar-refractivity contribution in [1.29, 1.82) is 0 Å². The fourth-order valence-electron chi connectivity index (χ4n) is 2.08. The Morgan fingerprint density at radius 1 is 1.33 bits per heavy atom. The van der Waals surface area contributed by atoms with Gasteiger partial charge >= 0.3 is 0 Å². The minimum Gasteiger partial charge on any atom is -0.331 e. The molecule has 0 saturated heterocycles. The van der Waals surface area contributed by atoms with Crippen LogP contribution in [-0.4, -0.2) is 21.9 Å². The number of nitrogens with two attached hydrogens (primary N) is 1. The van der Waals surface area contributed by atoms with Gasteiger partial charge in [-0.25, -0.2) is 4.98 Å². The van der Waals surface area contributed by atoms with Crippen LogP contribution >= 0.6 is 0 Å². The highest BCUT2D eigenvalue weighted by molar-refractivity contribution is 5.82. The average molecular weight is 245 g/mol. The Labute approximate surface area is 107 Å². The van der Waals surface area contributed by atoms with Crippen LogP contribution in [0.4, 0.5) is 0 Å². The summed E-state index contributed by atoms with van der Waals surface area (Å²) < 4.78 is 2.00. The summed E-state index contributed by atoms with van der Waals surface area (Å²) in [7, 11) is 1.96. The summed E-state index contributed by atoms with van der Waals surface area (Å²) in [5.74, 6) is 1.08. The number of rotatable bonds is 6. The van der Waals surface area contributed by atoms with Gasteiger partial charge in [0.05, 0.1) is 17.5 Å². The van der Waals surface area contributed by atoms with E-state index in [1.807, 2.05) is 35.9 Å². The highest BCUT2D eigenvalue weighted by atomic mass is 16.1. The highest BCUT2D eigenvalue weighted by Gasteiger charge is 2.11. The first kappa shape index (κ1) is 12.8. The van der Waals surface area contributed by atoms with E-state index in [2.05, 4.69) is 4.98 Å². The lowest BCUT2D eigenvalue weighted by molar-refractivity contribution is -0.118. The number of ketones is 1. The van der Waals surface area contributed by atoms with E-state index in [9.17, 15) is 4.79 Å². The van der Waals surface area contributed by atoms with Gasteiger partial charge in [0, 0.05) is 13.5 Å². The Morgan fingerprint density at radius 3 is 2.83 bits per heavy atom. The number of carbonyl (C=O) groups is 1. The number of aromatic nitrogens is 2. The normalized spacial score (nSPS) is 11.0. The molecular weight excluding hydrogens is 226 g/mol. The predicted octanol–water partition coefficient (Wildman–Crippen LogP) is 1.81. The first-order valence-electron chi connectivity index (χ1n) is 6.34. The van der Waals surface area contributed by atoms with E-state index < -0.39 is 0 Å². The number of aryl methyl sites for hydroxylation is 1. The monoisotopic (exact) mass is 245 g/mol. The Morgan fingerprint density at radius 2 is 2.11 bits per heavy atom. The highest BCUT2D eigenvalue weighted by Crippen LogP contribution is 2.15. The van der Waals surface area contributed by atoms with Gasteiger partial charge in [-0.05, 0) is 31.5 Å². The predicted molar refractivity (Wildman–Crippen MR) is 72.3 cm³/mol. The maximum Gasteiger partial charge on any atom is 0.140 e. The lowest BCUT2D eigenvalue weighted by Crippen LogP contribution is -2.08. The molecule has 18 heavy (non-hydrogen) atoms. The van der Waals surface area contributed by atoms with Crippen molar-refractivity contribution in [2.45, 2.75) is 25.7 Å². The number of Topliss-reactive ketones (excluding diaryl/α,β-unsaturated/α-hetero) is 1. The molecule has 0 saturated carbocycles. The third-order valence-electron chi connectivity index (χ3n) is 3.14. The standard InChI is InChI=1S/C14H19N3O/c1-17-13-8-3-2-7-12(13)16-14(17)10-11(18)6-4-5-9-15/h2-3,7-8H,4-6,9-10,15H2,1H3. The van der Waals surface area contributed by atoms with Crippen molar-refractivity contribution in [3.05, 3.63) is 30.1 Å². The molecule has 1 aromatic carbocycles. The summed E-state index contributed by atoms with van der Waals surface area (Å²) in [4.78, 5) is 16.3. The van der Waals surface area contributed by atoms with E-state index in [1.165, 1.54) is 0 Å². The number of para-hydroxylation sites is 2. The van der Waals surface area contributed by atoms with Gasteiger partial charge in [-0.3, -0.25) is 4.79 Å². The number of hydrogen-bond acceptors (Lipinski definition) is 3. The molecule has 0 fully saturated rings. The van der Waals surface area contributed by atoms with Crippen LogP contribution < -0.4 is 5.73 Å². The van der Waals surface area contributed by atoms with Gasteiger partial charge in [0.2, 0.25) is 0 Å². The van der Waals surface area contributed by atoms with Crippen LogP contribution in [0.25, 0.3) is 11.0 Å². The Hall–Kier alpha value is -1.68. The van der Waals surface area contributed by atoms with Crippen molar-refractivity contribution in [2.75, 3.05) is 6.54 Å². The molecule has 1 heterocycles. The zero-order valence-corrected chi connectivity index (χ0v) is 10.7. The molecule has 0 unspecified atom stereocenters. The number of benzene rings is 1. The molecule has 2 aromatic rings. The van der Waals surface area contributed by atoms with Crippen LogP contribution in [0.1, 0.15) is 25.1 Å². The van der Waals surface area contributed by atoms with E-state index >= 15 is 0 Å². The molecule has 96 valence electrons. The van der Waals surface area contributed by atoms with E-state index in [-0.39, 0.29) is 5.78 Å². The smallest absolute Gasteiger partial charge is 0.140 e. The van der Waals surface area contributed by atoms with Gasteiger partial charge < -0.3 is 10.3 Å². The number of nitrogens with zero attached hydrogens (tertiary/aromatic N) is 2. The minimum atomic E-state index is 0.238. The first-order chi connectivity index (χ1) is 8.72. The molecule has 2 N–H and O–H groups in total. The summed E-state index contributed by atoms with van der Waals surface area (Å²) >= 11 is 0. The largest absolute Gasteiger partial charge is 0.331 e. The van der Waals surface area contributed by atoms with E-state index in [0.29, 0.717) is 19.4 Å². The molecule has 0 amide bonds. The second-order valence-corrected chi connectivity index (χ2v) is 4.54. The SMILES string of the molecule is Cn1c(CC(=O)CCCCN)nc2ccccc21. The molecule has 0 spiro atoms. The zero-order valence-electron chi connectivity index (χ0n) is 10.7. The van der Waals surface area contributed by atoms with Crippen LogP contribution in [0.2, 0.25) is 0 Å². The summed E-state index contributed by atoms with van der Waals surface area (Å²) in [5.41, 5.74) is 7.44. The van der Waals surface area contributed by atoms with E-state index in [0.717, 1.165) is 29.7 Å². The molecule has 4 nitrogen and oxygen atoms in total. The minimum absolute atomic E-state index is 0.238. The maximum absolute atomic E-state index is 11.8. The molecular formula is C14H19N3O. The second-order valence-electron chi connectivity index (χ2n) is 4.54. The van der Waals surface area contributed by atoms with Gasteiger partial charge in [0.1, 0.15) is 11.6 Å². The van der Waals surface area contributed by atoms with Gasteiger partial charge in [0.25, 0.3) is 0 Å². The van der Waals surface area contributed by atoms with Crippen molar-refractivity contribution in [3.8, 4) is 0 Å². The molecule has 4 heteroatoms. The van der Waals surface area contributed by atoms with Crippen LogP contribution in [0.3, 0.4) is 0 Å². The zero-order chi connectivity index (χ0) is 13.0. The summed E-state index contributed by atoms with van der Waals surface area (Å²) in [5, 5.41) is 0. The van der Waals surface area contributed by atoms with Gasteiger partial charge in [-0.15, -0.1) is 0 Å². The molecule has 2 rings (SSSR count). The van der Waals surface area contributed by atoms with Crippen LogP contribution in [0, 0.1) is 0 Å². The van der Waals surface area contributed by atoms with Crippen LogP contribution in [0.15, 0.2) is 24.3 Å².